The SMILES string of the molecule is c1ccc(-c2ccccc2N(c2ccc(-c3ccc(-c4cccc(-n5c6ccccc6c6ccccc65)c4)cc3)cc2)c2ccccc2-c2ccc3c(oc4ccccc43)c2-c2ccccc2)cc1. The molecule has 0 bridgehead atoms. The molecule has 13 rings (SSSR count). The van der Waals surface area contributed by atoms with E-state index in [1.165, 1.54) is 32.9 Å². The van der Waals surface area contributed by atoms with E-state index in [0.717, 1.165) is 89.2 Å². The molecule has 3 nitrogen and oxygen atoms in total. The maximum absolute atomic E-state index is 6.77. The Labute approximate surface area is 401 Å². The van der Waals surface area contributed by atoms with Gasteiger partial charge in [0.05, 0.1) is 22.4 Å². The highest BCUT2D eigenvalue weighted by Gasteiger charge is 2.24. The van der Waals surface area contributed by atoms with Gasteiger partial charge in [-0.3, -0.25) is 0 Å². The fourth-order valence-corrected chi connectivity index (χ4v) is 10.4. The highest BCUT2D eigenvalue weighted by atomic mass is 16.3. The van der Waals surface area contributed by atoms with Crippen LogP contribution in [0.25, 0.3) is 105 Å². The molecule has 0 aliphatic heterocycles. The molecule has 0 amide bonds. The van der Waals surface area contributed by atoms with Crippen molar-refractivity contribution in [2.24, 2.45) is 0 Å². The van der Waals surface area contributed by atoms with Gasteiger partial charge in [-0.1, -0.05) is 206 Å². The Morgan fingerprint density at radius 1 is 0.304 bits per heavy atom. The Morgan fingerprint density at radius 3 is 1.49 bits per heavy atom. The van der Waals surface area contributed by atoms with Crippen LogP contribution in [-0.2, 0) is 0 Å². The number of nitrogens with zero attached hydrogens (tertiary/aromatic N) is 2. The van der Waals surface area contributed by atoms with Gasteiger partial charge < -0.3 is 13.9 Å². The summed E-state index contributed by atoms with van der Waals surface area (Å²) in [5.74, 6) is 0. The maximum atomic E-state index is 6.77. The second kappa shape index (κ2) is 16.9. The second-order valence-corrected chi connectivity index (χ2v) is 17.6. The minimum atomic E-state index is 0.882. The van der Waals surface area contributed by atoms with Gasteiger partial charge >= 0.3 is 0 Å². The van der Waals surface area contributed by atoms with E-state index in [1.807, 2.05) is 6.07 Å². The van der Waals surface area contributed by atoms with Crippen molar-refractivity contribution in [2.45, 2.75) is 0 Å². The average Bonchev–Trinajstić information content (AvgIpc) is 3.98. The number of furan rings is 1. The third kappa shape index (κ3) is 6.99. The van der Waals surface area contributed by atoms with E-state index < -0.39 is 0 Å². The van der Waals surface area contributed by atoms with E-state index in [9.17, 15) is 0 Å². The Bertz CT molecular complexity index is 3940. The number of para-hydroxylation sites is 5. The van der Waals surface area contributed by atoms with Crippen LogP contribution >= 0.6 is 0 Å². The summed E-state index contributed by atoms with van der Waals surface area (Å²) in [5, 5.41) is 4.75. The van der Waals surface area contributed by atoms with Gasteiger partial charge in [0, 0.05) is 49.6 Å². The fraction of sp³-hybridized carbons (Fsp3) is 0. The lowest BCUT2D eigenvalue weighted by Gasteiger charge is -2.30. The summed E-state index contributed by atoms with van der Waals surface area (Å²) in [6, 6.07) is 96.0. The van der Waals surface area contributed by atoms with Crippen molar-refractivity contribution in [1.82, 2.24) is 4.57 Å². The molecule has 0 radical (unpaired) electrons. The van der Waals surface area contributed by atoms with Crippen LogP contribution in [0.3, 0.4) is 0 Å². The van der Waals surface area contributed by atoms with Gasteiger partial charge in [0.1, 0.15) is 11.2 Å². The number of benzene rings is 11. The molecule has 0 aliphatic rings. The predicted molar refractivity (Wildman–Crippen MR) is 290 cm³/mol. The molecule has 13 aromatic rings. The molecule has 2 heterocycles. The smallest absolute Gasteiger partial charge is 0.143 e. The first kappa shape index (κ1) is 40.1. The van der Waals surface area contributed by atoms with Crippen molar-refractivity contribution in [3.63, 3.8) is 0 Å². The number of anilines is 3. The average molecular weight is 881 g/mol. The van der Waals surface area contributed by atoms with Gasteiger partial charge in [-0.15, -0.1) is 0 Å². The first-order valence-electron chi connectivity index (χ1n) is 23.6. The molecule has 2 aromatic heterocycles. The van der Waals surface area contributed by atoms with Crippen molar-refractivity contribution in [3.05, 3.63) is 267 Å². The zero-order valence-corrected chi connectivity index (χ0v) is 37.7. The molecule has 0 spiro atoms. The van der Waals surface area contributed by atoms with Crippen LogP contribution in [0.5, 0.6) is 0 Å². The molecule has 324 valence electrons. The Kier molecular flexibility index (Phi) is 9.84. The summed E-state index contributed by atoms with van der Waals surface area (Å²) in [7, 11) is 0. The molecule has 0 N–H and O–H groups in total. The summed E-state index contributed by atoms with van der Waals surface area (Å²) < 4.78 is 9.15. The Hall–Kier alpha value is -9.18. The predicted octanol–water partition coefficient (Wildman–Crippen LogP) is 18.5. The van der Waals surface area contributed by atoms with Crippen molar-refractivity contribution in [2.75, 3.05) is 4.90 Å². The van der Waals surface area contributed by atoms with Crippen LogP contribution in [-0.4, -0.2) is 4.57 Å². The maximum Gasteiger partial charge on any atom is 0.143 e. The zero-order valence-electron chi connectivity index (χ0n) is 37.7. The number of hydrogen-bond acceptors (Lipinski definition) is 2. The molecule has 0 atom stereocenters. The summed E-state index contributed by atoms with van der Waals surface area (Å²) in [6.45, 7) is 0. The number of aromatic nitrogens is 1. The highest BCUT2D eigenvalue weighted by Crippen LogP contribution is 2.49. The van der Waals surface area contributed by atoms with E-state index >= 15 is 0 Å². The van der Waals surface area contributed by atoms with E-state index in [0.29, 0.717) is 0 Å². The summed E-state index contributed by atoms with van der Waals surface area (Å²) in [5.41, 5.74) is 19.9. The standard InChI is InChI=1S/C66H44N2O/c1-3-18-48(19-4-1)53-24-7-12-29-60(53)67(63-32-15-10-27-56(63)58-42-43-59-57-28-11-16-33-64(57)69-66(59)65(58)49-20-5-2-6-21-49)51-40-38-46(39-41-51)45-34-36-47(37-35-45)50-22-17-23-52(44-50)68-61-30-13-8-25-54(61)55-26-9-14-31-62(55)68/h1-44H. The van der Waals surface area contributed by atoms with Crippen LogP contribution in [0.2, 0.25) is 0 Å². The van der Waals surface area contributed by atoms with Crippen LogP contribution in [0.4, 0.5) is 17.1 Å². The summed E-state index contributed by atoms with van der Waals surface area (Å²) in [4.78, 5) is 2.42. The first-order chi connectivity index (χ1) is 34.2. The van der Waals surface area contributed by atoms with Gasteiger partial charge in [-0.25, -0.2) is 0 Å². The van der Waals surface area contributed by atoms with Gasteiger partial charge in [-0.2, -0.15) is 0 Å². The van der Waals surface area contributed by atoms with E-state index in [-0.39, 0.29) is 0 Å². The van der Waals surface area contributed by atoms with Crippen molar-refractivity contribution in [1.29, 1.82) is 0 Å². The monoisotopic (exact) mass is 880 g/mol. The first-order valence-corrected chi connectivity index (χ1v) is 23.6. The molecule has 0 saturated heterocycles. The zero-order chi connectivity index (χ0) is 45.7. The topological polar surface area (TPSA) is 21.3 Å². The van der Waals surface area contributed by atoms with E-state index in [4.69, 9.17) is 4.42 Å². The molecule has 0 saturated carbocycles. The molecule has 0 fully saturated rings. The number of fused-ring (bicyclic) bond motifs is 6. The van der Waals surface area contributed by atoms with Gasteiger partial charge in [0.15, 0.2) is 0 Å². The van der Waals surface area contributed by atoms with Crippen molar-refractivity contribution < 1.29 is 4.42 Å². The van der Waals surface area contributed by atoms with Crippen LogP contribution in [0.15, 0.2) is 271 Å². The Balaban J connectivity index is 0.910. The minimum Gasteiger partial charge on any atom is -0.455 e. The van der Waals surface area contributed by atoms with Gasteiger partial charge in [0.2, 0.25) is 0 Å². The largest absolute Gasteiger partial charge is 0.455 e. The molecule has 0 unspecified atom stereocenters. The quantitative estimate of drug-likeness (QED) is 0.144. The van der Waals surface area contributed by atoms with Crippen molar-refractivity contribution in [3.8, 4) is 61.3 Å². The normalized spacial score (nSPS) is 11.5. The third-order valence-corrected chi connectivity index (χ3v) is 13.6. The lowest BCUT2D eigenvalue weighted by molar-refractivity contribution is 0.670. The van der Waals surface area contributed by atoms with Crippen molar-refractivity contribution >= 4 is 60.8 Å². The summed E-state index contributed by atoms with van der Waals surface area (Å²) >= 11 is 0. The fourth-order valence-electron chi connectivity index (χ4n) is 10.4. The third-order valence-electron chi connectivity index (χ3n) is 13.6. The molecule has 69 heavy (non-hydrogen) atoms. The van der Waals surface area contributed by atoms with Crippen LogP contribution in [0.1, 0.15) is 0 Å². The molecular formula is C66H44N2O. The van der Waals surface area contributed by atoms with Gasteiger partial charge in [0.25, 0.3) is 0 Å². The van der Waals surface area contributed by atoms with Crippen LogP contribution < -0.4 is 4.90 Å². The highest BCUT2D eigenvalue weighted by molar-refractivity contribution is 6.14. The second-order valence-electron chi connectivity index (χ2n) is 17.6. The Morgan fingerprint density at radius 2 is 0.812 bits per heavy atom. The molecule has 0 aliphatic carbocycles. The molecular weight excluding hydrogens is 837 g/mol. The minimum absolute atomic E-state index is 0.882. The van der Waals surface area contributed by atoms with E-state index in [2.05, 4.69) is 270 Å². The van der Waals surface area contributed by atoms with E-state index in [1.54, 1.807) is 0 Å². The lowest BCUT2D eigenvalue weighted by atomic mass is 9.91. The number of rotatable bonds is 9. The summed E-state index contributed by atoms with van der Waals surface area (Å²) in [6.07, 6.45) is 0. The van der Waals surface area contributed by atoms with Crippen LogP contribution in [0, 0.1) is 0 Å². The molecule has 11 aromatic carbocycles. The molecule has 3 heteroatoms. The lowest BCUT2D eigenvalue weighted by Crippen LogP contribution is -2.12. The number of hydrogen-bond donors (Lipinski definition) is 0. The van der Waals surface area contributed by atoms with Gasteiger partial charge in [-0.05, 0) is 99.6 Å².